The summed E-state index contributed by atoms with van der Waals surface area (Å²) in [5.74, 6) is 0.546. The van der Waals surface area contributed by atoms with Crippen molar-refractivity contribution >= 4 is 21.4 Å². The Morgan fingerprint density at radius 3 is 2.78 bits per heavy atom. The van der Waals surface area contributed by atoms with E-state index in [2.05, 4.69) is 27.6 Å². The third-order valence-corrected chi connectivity index (χ3v) is 7.22. The molecule has 0 spiro atoms. The molecule has 1 aliphatic rings. The molecular formula is C23H22N4O3S2. The van der Waals surface area contributed by atoms with Crippen LogP contribution in [0.2, 0.25) is 0 Å². The molecule has 7 nitrogen and oxygen atoms in total. The van der Waals surface area contributed by atoms with Crippen LogP contribution >= 0.6 is 11.3 Å². The summed E-state index contributed by atoms with van der Waals surface area (Å²) in [6, 6.07) is 13.1. The van der Waals surface area contributed by atoms with Gasteiger partial charge in [-0.2, -0.15) is 5.26 Å². The van der Waals surface area contributed by atoms with Crippen molar-refractivity contribution in [1.29, 1.82) is 5.26 Å². The summed E-state index contributed by atoms with van der Waals surface area (Å²) in [5, 5.41) is 20.6. The molecule has 1 aromatic heterocycles. The van der Waals surface area contributed by atoms with Gasteiger partial charge >= 0.3 is 0 Å². The Morgan fingerprint density at radius 2 is 2.06 bits per heavy atom. The molecule has 1 N–H and O–H groups in total. The van der Waals surface area contributed by atoms with Gasteiger partial charge in [0, 0.05) is 22.6 Å². The molecule has 0 fully saturated rings. The molecule has 0 aliphatic heterocycles. The van der Waals surface area contributed by atoms with Gasteiger partial charge in [0.1, 0.15) is 21.8 Å². The van der Waals surface area contributed by atoms with Crippen LogP contribution in [0, 0.1) is 11.3 Å². The molecule has 32 heavy (non-hydrogen) atoms. The first-order valence-electron chi connectivity index (χ1n) is 10.1. The molecule has 0 amide bonds. The highest BCUT2D eigenvalue weighted by Crippen LogP contribution is 2.40. The molecule has 0 radical (unpaired) electrons. The topological polar surface area (TPSA) is 105 Å². The number of aromatic nitrogens is 2. The molecule has 0 saturated carbocycles. The Balaban J connectivity index is 1.65. The molecule has 0 saturated heterocycles. The summed E-state index contributed by atoms with van der Waals surface area (Å²) in [7, 11) is -3.52. The van der Waals surface area contributed by atoms with Crippen LogP contribution in [0.15, 0.2) is 48.4 Å². The highest BCUT2D eigenvalue weighted by molar-refractivity contribution is 7.92. The zero-order valence-electron chi connectivity index (χ0n) is 17.7. The van der Waals surface area contributed by atoms with Crippen LogP contribution < -0.4 is 9.46 Å². The number of nitriles is 1. The molecule has 164 valence electrons. The van der Waals surface area contributed by atoms with Crippen LogP contribution in [0.5, 0.6) is 5.75 Å². The molecule has 3 aromatic rings. The van der Waals surface area contributed by atoms with E-state index in [1.165, 1.54) is 11.3 Å². The Hall–Kier alpha value is -3.06. The fourth-order valence-corrected chi connectivity index (χ4v) is 5.41. The Kier molecular flexibility index (Phi) is 6.11. The van der Waals surface area contributed by atoms with E-state index in [0.717, 1.165) is 39.1 Å². The van der Waals surface area contributed by atoms with E-state index >= 15 is 0 Å². The molecule has 1 heterocycles. The van der Waals surface area contributed by atoms with Gasteiger partial charge in [0.05, 0.1) is 11.7 Å². The van der Waals surface area contributed by atoms with Gasteiger partial charge in [0.25, 0.3) is 0 Å². The zero-order chi connectivity index (χ0) is 22.9. The molecule has 4 rings (SSSR count). The number of sulfonamides is 1. The first-order valence-corrected chi connectivity index (χ1v) is 12.5. The fourth-order valence-electron chi connectivity index (χ4n) is 3.78. The molecular weight excluding hydrogens is 444 g/mol. The number of hydrogen-bond donors (Lipinski definition) is 1. The third-order valence-electron chi connectivity index (χ3n) is 5.16. The van der Waals surface area contributed by atoms with Crippen molar-refractivity contribution in [2.24, 2.45) is 0 Å². The average Bonchev–Trinajstić information content (AvgIpc) is 3.41. The summed E-state index contributed by atoms with van der Waals surface area (Å²) in [6.07, 6.45) is 1.39. The van der Waals surface area contributed by atoms with E-state index in [4.69, 9.17) is 4.74 Å². The van der Waals surface area contributed by atoms with Crippen LogP contribution in [-0.4, -0.2) is 24.7 Å². The lowest BCUT2D eigenvalue weighted by Crippen LogP contribution is -2.25. The monoisotopic (exact) mass is 466 g/mol. The number of fused-ring (bicyclic) bond motifs is 1. The highest BCUT2D eigenvalue weighted by Gasteiger charge is 2.28. The van der Waals surface area contributed by atoms with Gasteiger partial charge in [-0.1, -0.05) is 36.1 Å². The molecule has 1 unspecified atom stereocenters. The number of rotatable bonds is 7. The summed E-state index contributed by atoms with van der Waals surface area (Å²) in [4.78, 5) is 0. The van der Waals surface area contributed by atoms with E-state index in [9.17, 15) is 13.7 Å². The van der Waals surface area contributed by atoms with Crippen molar-refractivity contribution < 1.29 is 13.2 Å². The third kappa shape index (κ3) is 4.43. The SMILES string of the molecule is C=CS(=O)(=O)NC1CCc2c(-c3nnc(-c4ccc(OC(C)C)c(C#N)c4)s3)cccc21. The second kappa shape index (κ2) is 8.82. The minimum Gasteiger partial charge on any atom is -0.490 e. The first-order chi connectivity index (χ1) is 15.3. The Morgan fingerprint density at radius 1 is 1.28 bits per heavy atom. The number of hydrogen-bond acceptors (Lipinski definition) is 7. The minimum atomic E-state index is -3.52. The van der Waals surface area contributed by atoms with E-state index in [-0.39, 0.29) is 12.1 Å². The zero-order valence-corrected chi connectivity index (χ0v) is 19.3. The van der Waals surface area contributed by atoms with Crippen LogP contribution in [0.3, 0.4) is 0 Å². The van der Waals surface area contributed by atoms with Gasteiger partial charge in [-0.05, 0) is 56.0 Å². The Bertz CT molecular complexity index is 1320. The molecule has 1 aliphatic carbocycles. The summed E-state index contributed by atoms with van der Waals surface area (Å²) in [6.45, 7) is 7.19. The van der Waals surface area contributed by atoms with Crippen molar-refractivity contribution in [3.8, 4) is 33.0 Å². The van der Waals surface area contributed by atoms with Gasteiger partial charge in [-0.25, -0.2) is 13.1 Å². The predicted octanol–water partition coefficient (Wildman–Crippen LogP) is 4.58. The fraction of sp³-hybridized carbons (Fsp3) is 0.261. The van der Waals surface area contributed by atoms with Gasteiger partial charge in [-0.3, -0.25) is 0 Å². The Labute approximate surface area is 191 Å². The van der Waals surface area contributed by atoms with E-state index in [0.29, 0.717) is 22.7 Å². The van der Waals surface area contributed by atoms with Crippen LogP contribution in [0.1, 0.15) is 43.0 Å². The van der Waals surface area contributed by atoms with Crippen molar-refractivity contribution in [2.75, 3.05) is 0 Å². The summed E-state index contributed by atoms with van der Waals surface area (Å²) in [5.41, 5.74) is 4.22. The average molecular weight is 467 g/mol. The van der Waals surface area contributed by atoms with Crippen LogP contribution in [0.4, 0.5) is 0 Å². The molecule has 0 bridgehead atoms. The minimum absolute atomic E-state index is 0.0268. The van der Waals surface area contributed by atoms with Gasteiger partial charge in [0.2, 0.25) is 10.0 Å². The largest absolute Gasteiger partial charge is 0.490 e. The maximum Gasteiger partial charge on any atom is 0.233 e. The smallest absolute Gasteiger partial charge is 0.233 e. The maximum atomic E-state index is 11.9. The van der Waals surface area contributed by atoms with Gasteiger partial charge < -0.3 is 4.74 Å². The van der Waals surface area contributed by atoms with E-state index in [1.807, 2.05) is 38.1 Å². The quantitative estimate of drug-likeness (QED) is 0.546. The van der Waals surface area contributed by atoms with E-state index < -0.39 is 10.0 Å². The van der Waals surface area contributed by atoms with Crippen molar-refractivity contribution in [2.45, 2.75) is 38.8 Å². The second-order valence-electron chi connectivity index (χ2n) is 7.70. The predicted molar refractivity (Wildman–Crippen MR) is 125 cm³/mol. The van der Waals surface area contributed by atoms with Crippen molar-refractivity contribution in [1.82, 2.24) is 14.9 Å². The second-order valence-corrected chi connectivity index (χ2v) is 10.3. The standard InChI is InChI=1S/C23H22N4O3S2/c1-4-32(28,29)27-20-10-9-17-18(20)6-5-7-19(17)23-26-25-22(31-23)15-8-11-21(30-14(2)3)16(12-15)13-24/h4-8,11-12,14,20,27H,1,9-10H2,2-3H3. The van der Waals surface area contributed by atoms with Crippen molar-refractivity contribution in [3.05, 3.63) is 65.1 Å². The lowest BCUT2D eigenvalue weighted by atomic mass is 10.0. The van der Waals surface area contributed by atoms with Crippen LogP contribution in [0.25, 0.3) is 21.1 Å². The lowest BCUT2D eigenvalue weighted by Gasteiger charge is -2.13. The molecule has 1 atom stereocenters. The van der Waals surface area contributed by atoms with Crippen LogP contribution in [-0.2, 0) is 16.4 Å². The molecule has 2 aromatic carbocycles. The lowest BCUT2D eigenvalue weighted by molar-refractivity contribution is 0.242. The van der Waals surface area contributed by atoms with Gasteiger partial charge in [-0.15, -0.1) is 10.2 Å². The first kappa shape index (κ1) is 22.1. The summed E-state index contributed by atoms with van der Waals surface area (Å²) >= 11 is 1.44. The molecule has 9 heteroatoms. The summed E-state index contributed by atoms with van der Waals surface area (Å²) < 4.78 is 32.2. The van der Waals surface area contributed by atoms with E-state index in [1.54, 1.807) is 12.1 Å². The maximum absolute atomic E-state index is 11.9. The number of nitrogens with zero attached hydrogens (tertiary/aromatic N) is 3. The number of nitrogens with one attached hydrogen (secondary N) is 1. The number of ether oxygens (including phenoxy) is 1. The van der Waals surface area contributed by atoms with Crippen molar-refractivity contribution in [3.63, 3.8) is 0 Å². The normalized spacial score (nSPS) is 15.4. The highest BCUT2D eigenvalue weighted by atomic mass is 32.2. The van der Waals surface area contributed by atoms with Gasteiger partial charge in [0.15, 0.2) is 0 Å². The number of benzene rings is 2.